The molecule has 0 aromatic heterocycles. The largest absolute Gasteiger partial charge is 0.342 e. The van der Waals surface area contributed by atoms with Crippen molar-refractivity contribution in [2.24, 2.45) is 5.73 Å². The van der Waals surface area contributed by atoms with Crippen LogP contribution < -0.4 is 5.73 Å². The molecule has 1 unspecified atom stereocenters. The molecule has 0 bridgehead atoms. The van der Waals surface area contributed by atoms with Crippen LogP contribution in [0.3, 0.4) is 0 Å². The van der Waals surface area contributed by atoms with Gasteiger partial charge in [-0.05, 0) is 19.9 Å². The van der Waals surface area contributed by atoms with E-state index in [1.807, 2.05) is 11.8 Å². The van der Waals surface area contributed by atoms with Crippen molar-refractivity contribution in [2.45, 2.75) is 26.3 Å². The molecule has 0 spiro atoms. The zero-order chi connectivity index (χ0) is 10.6. The van der Waals surface area contributed by atoms with E-state index in [9.17, 15) is 4.79 Å². The molecule has 82 valence electrons. The summed E-state index contributed by atoms with van der Waals surface area (Å²) >= 11 is 0. The van der Waals surface area contributed by atoms with E-state index >= 15 is 0 Å². The number of nitrogens with zero attached hydrogens (tertiary/aromatic N) is 2. The van der Waals surface area contributed by atoms with Crippen LogP contribution in [-0.4, -0.2) is 54.5 Å². The first-order chi connectivity index (χ1) is 6.59. The summed E-state index contributed by atoms with van der Waals surface area (Å²) in [6.07, 6.45) is 1.06. The van der Waals surface area contributed by atoms with Crippen molar-refractivity contribution in [1.29, 1.82) is 0 Å². The summed E-state index contributed by atoms with van der Waals surface area (Å²) in [7, 11) is 0. The Hall–Kier alpha value is -0.610. The van der Waals surface area contributed by atoms with Crippen LogP contribution in [0.2, 0.25) is 0 Å². The maximum absolute atomic E-state index is 11.2. The molecule has 14 heavy (non-hydrogen) atoms. The molecular weight excluding hydrogens is 178 g/mol. The SMILES string of the molecule is CC(=O)N1CCCN(CC(C)N)CC1. The van der Waals surface area contributed by atoms with E-state index in [4.69, 9.17) is 5.73 Å². The standard InChI is InChI=1S/C10H21N3O/c1-9(11)8-12-4-3-5-13(7-6-12)10(2)14/h9H,3-8,11H2,1-2H3. The number of hydrogen-bond donors (Lipinski definition) is 1. The molecule has 1 aliphatic heterocycles. The molecule has 0 aliphatic carbocycles. The second-order valence-corrected chi connectivity index (χ2v) is 4.14. The van der Waals surface area contributed by atoms with Crippen LogP contribution in [0.4, 0.5) is 0 Å². The Morgan fingerprint density at radius 2 is 2.07 bits per heavy atom. The molecule has 1 saturated heterocycles. The molecule has 1 fully saturated rings. The third-order valence-electron chi connectivity index (χ3n) is 2.58. The number of carbonyl (C=O) groups is 1. The predicted molar refractivity (Wildman–Crippen MR) is 57.0 cm³/mol. The Morgan fingerprint density at radius 3 is 2.64 bits per heavy atom. The van der Waals surface area contributed by atoms with Crippen LogP contribution in [0.1, 0.15) is 20.3 Å². The van der Waals surface area contributed by atoms with Gasteiger partial charge in [0.1, 0.15) is 0 Å². The number of amides is 1. The predicted octanol–water partition coefficient (Wildman–Crippen LogP) is -0.112. The Morgan fingerprint density at radius 1 is 1.36 bits per heavy atom. The Labute approximate surface area is 86.0 Å². The Kier molecular flexibility index (Phi) is 4.35. The van der Waals surface area contributed by atoms with Gasteiger partial charge >= 0.3 is 0 Å². The summed E-state index contributed by atoms with van der Waals surface area (Å²) in [5, 5.41) is 0. The maximum Gasteiger partial charge on any atom is 0.219 e. The summed E-state index contributed by atoms with van der Waals surface area (Å²) in [6.45, 7) is 8.36. The highest BCUT2D eigenvalue weighted by molar-refractivity contribution is 5.73. The lowest BCUT2D eigenvalue weighted by Crippen LogP contribution is -2.38. The van der Waals surface area contributed by atoms with Crippen molar-refractivity contribution in [3.63, 3.8) is 0 Å². The molecule has 0 aromatic rings. The highest BCUT2D eigenvalue weighted by atomic mass is 16.2. The summed E-state index contributed by atoms with van der Waals surface area (Å²) < 4.78 is 0. The lowest BCUT2D eigenvalue weighted by molar-refractivity contribution is -0.128. The van der Waals surface area contributed by atoms with Gasteiger partial charge in [-0.2, -0.15) is 0 Å². The zero-order valence-electron chi connectivity index (χ0n) is 9.20. The molecule has 1 amide bonds. The van der Waals surface area contributed by atoms with Crippen LogP contribution in [0.5, 0.6) is 0 Å². The molecule has 4 heteroatoms. The summed E-state index contributed by atoms with van der Waals surface area (Å²) in [4.78, 5) is 15.4. The number of carbonyl (C=O) groups excluding carboxylic acids is 1. The third-order valence-corrected chi connectivity index (χ3v) is 2.58. The third kappa shape index (κ3) is 3.64. The molecule has 0 radical (unpaired) electrons. The fraction of sp³-hybridized carbons (Fsp3) is 0.900. The van der Waals surface area contributed by atoms with Crippen LogP contribution in [0.15, 0.2) is 0 Å². The maximum atomic E-state index is 11.2. The highest BCUT2D eigenvalue weighted by Crippen LogP contribution is 2.03. The lowest BCUT2D eigenvalue weighted by Gasteiger charge is -2.22. The van der Waals surface area contributed by atoms with E-state index in [0.717, 1.165) is 39.1 Å². The minimum Gasteiger partial charge on any atom is -0.342 e. The van der Waals surface area contributed by atoms with Crippen molar-refractivity contribution in [2.75, 3.05) is 32.7 Å². The van der Waals surface area contributed by atoms with Gasteiger partial charge in [-0.25, -0.2) is 0 Å². The first kappa shape index (κ1) is 11.5. The quantitative estimate of drug-likeness (QED) is 0.675. The van der Waals surface area contributed by atoms with Gasteiger partial charge in [0, 0.05) is 39.1 Å². The van der Waals surface area contributed by atoms with Gasteiger partial charge in [0.2, 0.25) is 5.91 Å². The van der Waals surface area contributed by atoms with Crippen molar-refractivity contribution in [1.82, 2.24) is 9.80 Å². The molecule has 1 heterocycles. The van der Waals surface area contributed by atoms with Crippen molar-refractivity contribution >= 4 is 5.91 Å². The molecule has 0 aromatic carbocycles. The number of hydrogen-bond acceptors (Lipinski definition) is 3. The smallest absolute Gasteiger partial charge is 0.219 e. The Bertz CT molecular complexity index is 194. The van der Waals surface area contributed by atoms with Crippen molar-refractivity contribution in [3.8, 4) is 0 Å². The first-order valence-electron chi connectivity index (χ1n) is 5.33. The highest BCUT2D eigenvalue weighted by Gasteiger charge is 2.16. The fourth-order valence-electron chi connectivity index (χ4n) is 1.88. The van der Waals surface area contributed by atoms with E-state index in [0.29, 0.717) is 0 Å². The fourth-order valence-corrected chi connectivity index (χ4v) is 1.88. The summed E-state index contributed by atoms with van der Waals surface area (Å²) in [5.74, 6) is 0.188. The van der Waals surface area contributed by atoms with Crippen LogP contribution >= 0.6 is 0 Å². The van der Waals surface area contributed by atoms with Gasteiger partial charge in [-0.3, -0.25) is 9.69 Å². The molecule has 1 rings (SSSR count). The van der Waals surface area contributed by atoms with E-state index in [1.54, 1.807) is 6.92 Å². The molecule has 1 atom stereocenters. The molecule has 1 aliphatic rings. The van der Waals surface area contributed by atoms with E-state index < -0.39 is 0 Å². The van der Waals surface area contributed by atoms with Crippen molar-refractivity contribution in [3.05, 3.63) is 0 Å². The van der Waals surface area contributed by atoms with Crippen LogP contribution in [0.25, 0.3) is 0 Å². The number of rotatable bonds is 2. The lowest BCUT2D eigenvalue weighted by atomic mass is 10.3. The monoisotopic (exact) mass is 199 g/mol. The average molecular weight is 199 g/mol. The molecular formula is C10H21N3O. The minimum absolute atomic E-state index is 0.188. The minimum atomic E-state index is 0.188. The first-order valence-corrected chi connectivity index (χ1v) is 5.33. The zero-order valence-corrected chi connectivity index (χ0v) is 9.20. The van der Waals surface area contributed by atoms with Gasteiger partial charge in [-0.1, -0.05) is 0 Å². The van der Waals surface area contributed by atoms with E-state index in [2.05, 4.69) is 4.90 Å². The van der Waals surface area contributed by atoms with E-state index in [1.165, 1.54) is 0 Å². The normalized spacial score (nSPS) is 21.8. The van der Waals surface area contributed by atoms with Crippen LogP contribution in [-0.2, 0) is 4.79 Å². The molecule has 2 N–H and O–H groups in total. The summed E-state index contributed by atoms with van der Waals surface area (Å²) in [5.41, 5.74) is 5.75. The second-order valence-electron chi connectivity index (χ2n) is 4.14. The number of nitrogens with two attached hydrogens (primary N) is 1. The summed E-state index contributed by atoms with van der Waals surface area (Å²) in [6, 6.07) is 0.221. The topological polar surface area (TPSA) is 49.6 Å². The molecule has 0 saturated carbocycles. The van der Waals surface area contributed by atoms with Gasteiger partial charge < -0.3 is 10.6 Å². The van der Waals surface area contributed by atoms with E-state index in [-0.39, 0.29) is 11.9 Å². The second kappa shape index (κ2) is 5.32. The van der Waals surface area contributed by atoms with Gasteiger partial charge in [0.05, 0.1) is 0 Å². The molecule has 4 nitrogen and oxygen atoms in total. The van der Waals surface area contributed by atoms with Gasteiger partial charge in [0.25, 0.3) is 0 Å². The van der Waals surface area contributed by atoms with Crippen molar-refractivity contribution < 1.29 is 4.79 Å². The van der Waals surface area contributed by atoms with Crippen LogP contribution in [0, 0.1) is 0 Å². The average Bonchev–Trinajstić information content (AvgIpc) is 2.28. The Balaban J connectivity index is 2.36. The van der Waals surface area contributed by atoms with Gasteiger partial charge in [-0.15, -0.1) is 0 Å². The van der Waals surface area contributed by atoms with Gasteiger partial charge in [0.15, 0.2) is 0 Å².